The Hall–Kier alpha value is -1.98. The van der Waals surface area contributed by atoms with Gasteiger partial charge in [0, 0.05) is 13.1 Å². The number of allylic oxidation sites excluding steroid dienone is 2. The van der Waals surface area contributed by atoms with E-state index < -0.39 is 0 Å². The van der Waals surface area contributed by atoms with Crippen LogP contribution in [0.2, 0.25) is 0 Å². The number of fused-ring (bicyclic) bond motifs is 1. The van der Waals surface area contributed by atoms with Gasteiger partial charge in [0.25, 0.3) is 0 Å². The van der Waals surface area contributed by atoms with Gasteiger partial charge in [-0.1, -0.05) is 38.8 Å². The highest BCUT2D eigenvalue weighted by atomic mass is 16.2. The minimum atomic E-state index is -0.325. The molecular formula is C22H28N2O4. The van der Waals surface area contributed by atoms with Crippen LogP contribution in [0.5, 0.6) is 0 Å². The smallest absolute Gasteiger partial charge is 0.233 e. The normalized spacial score (nSPS) is 42.8. The fourth-order valence-electron chi connectivity index (χ4n) is 6.80. The van der Waals surface area contributed by atoms with Crippen LogP contribution in [0.25, 0.3) is 0 Å². The van der Waals surface area contributed by atoms with Crippen molar-refractivity contribution in [1.29, 1.82) is 0 Å². The summed E-state index contributed by atoms with van der Waals surface area (Å²) in [5.74, 6) is -1.44. The molecule has 0 aromatic rings. The summed E-state index contributed by atoms with van der Waals surface area (Å²) < 4.78 is 0. The number of rotatable bonds is 6. The fourth-order valence-corrected chi connectivity index (χ4v) is 6.80. The Bertz CT molecular complexity index is 733. The molecule has 0 aromatic carbocycles. The molecule has 8 atom stereocenters. The molecule has 4 amide bonds. The number of hydrogen-bond acceptors (Lipinski definition) is 4. The summed E-state index contributed by atoms with van der Waals surface area (Å²) in [6.07, 6.45) is 7.66. The summed E-state index contributed by atoms with van der Waals surface area (Å²) in [5, 5.41) is 0. The Labute approximate surface area is 165 Å². The maximum Gasteiger partial charge on any atom is 0.233 e. The lowest BCUT2D eigenvalue weighted by Gasteiger charge is -2.60. The SMILES string of the molecule is CCCCN1C(=O)[C@@H]2[C@H]3C=C[C@@H]([C@@H]2C1=O)[C@@H]1[C@@H]2C(=O)N(CCCC)C(=O)[C@@H]2[C@@H]31. The van der Waals surface area contributed by atoms with Gasteiger partial charge in [0.1, 0.15) is 0 Å². The number of imide groups is 2. The van der Waals surface area contributed by atoms with E-state index in [1.807, 2.05) is 13.8 Å². The van der Waals surface area contributed by atoms with Crippen molar-refractivity contribution in [2.45, 2.75) is 39.5 Å². The summed E-state index contributed by atoms with van der Waals surface area (Å²) in [4.78, 5) is 55.0. The molecule has 0 aromatic heterocycles. The number of amides is 4. The highest BCUT2D eigenvalue weighted by Gasteiger charge is 2.74. The molecule has 0 radical (unpaired) electrons. The number of hydrogen-bond donors (Lipinski definition) is 0. The molecule has 2 saturated carbocycles. The Morgan fingerprint density at radius 1 is 0.643 bits per heavy atom. The van der Waals surface area contributed by atoms with Gasteiger partial charge < -0.3 is 0 Å². The molecule has 4 aliphatic carbocycles. The van der Waals surface area contributed by atoms with E-state index in [-0.39, 0.29) is 71.0 Å². The second-order valence-corrected chi connectivity index (χ2v) is 9.16. The Morgan fingerprint density at radius 2 is 1.00 bits per heavy atom. The molecule has 2 bridgehead atoms. The van der Waals surface area contributed by atoms with Crippen LogP contribution in [0.15, 0.2) is 12.2 Å². The third-order valence-corrected chi connectivity index (χ3v) is 8.00. The van der Waals surface area contributed by atoms with Crippen LogP contribution < -0.4 is 0 Å². The Kier molecular flexibility index (Phi) is 4.04. The molecule has 0 spiro atoms. The number of likely N-dealkylation sites (tertiary alicyclic amines) is 2. The zero-order valence-electron chi connectivity index (χ0n) is 16.5. The summed E-state index contributed by atoms with van der Waals surface area (Å²) >= 11 is 0. The minimum absolute atomic E-state index is 0.0400. The summed E-state index contributed by atoms with van der Waals surface area (Å²) in [7, 11) is 0. The van der Waals surface area contributed by atoms with Crippen molar-refractivity contribution in [1.82, 2.24) is 9.80 Å². The largest absolute Gasteiger partial charge is 0.282 e. The van der Waals surface area contributed by atoms with Gasteiger partial charge in [-0.15, -0.1) is 0 Å². The van der Waals surface area contributed by atoms with Crippen molar-refractivity contribution >= 4 is 23.6 Å². The molecule has 6 aliphatic rings. The third-order valence-electron chi connectivity index (χ3n) is 8.00. The molecule has 0 N–H and O–H groups in total. The van der Waals surface area contributed by atoms with E-state index in [1.54, 1.807) is 0 Å². The summed E-state index contributed by atoms with van der Waals surface area (Å²) in [6, 6.07) is 0. The highest BCUT2D eigenvalue weighted by molar-refractivity contribution is 6.09. The van der Waals surface area contributed by atoms with E-state index in [2.05, 4.69) is 12.2 Å². The fraction of sp³-hybridized carbons (Fsp3) is 0.727. The lowest BCUT2D eigenvalue weighted by molar-refractivity contribution is -0.166. The second kappa shape index (κ2) is 6.26. The van der Waals surface area contributed by atoms with E-state index in [9.17, 15) is 19.2 Å². The number of nitrogens with zero attached hydrogens (tertiary/aromatic N) is 2. The van der Waals surface area contributed by atoms with Crippen LogP contribution in [0.3, 0.4) is 0 Å². The van der Waals surface area contributed by atoms with Gasteiger partial charge in [-0.25, -0.2) is 0 Å². The van der Waals surface area contributed by atoms with Crippen molar-refractivity contribution in [3.63, 3.8) is 0 Å². The maximum absolute atomic E-state index is 13.1. The molecule has 0 unspecified atom stereocenters. The first-order chi connectivity index (χ1) is 13.5. The lowest BCUT2D eigenvalue weighted by Crippen LogP contribution is -2.63. The lowest BCUT2D eigenvalue weighted by atomic mass is 9.40. The van der Waals surface area contributed by atoms with Gasteiger partial charge in [0.2, 0.25) is 23.6 Å². The quantitative estimate of drug-likeness (QED) is 0.517. The molecular weight excluding hydrogens is 356 g/mol. The first-order valence-electron chi connectivity index (χ1n) is 10.9. The molecule has 6 heteroatoms. The van der Waals surface area contributed by atoms with Gasteiger partial charge in [-0.3, -0.25) is 29.0 Å². The van der Waals surface area contributed by atoms with Crippen LogP contribution in [0.4, 0.5) is 0 Å². The zero-order valence-corrected chi connectivity index (χ0v) is 16.5. The molecule has 6 nitrogen and oxygen atoms in total. The maximum atomic E-state index is 13.1. The predicted molar refractivity (Wildman–Crippen MR) is 100 cm³/mol. The van der Waals surface area contributed by atoms with E-state index in [1.165, 1.54) is 9.80 Å². The first-order valence-corrected chi connectivity index (χ1v) is 10.9. The Balaban J connectivity index is 1.45. The van der Waals surface area contributed by atoms with Gasteiger partial charge in [-0.05, 0) is 36.5 Å². The van der Waals surface area contributed by atoms with E-state index in [0.29, 0.717) is 13.1 Å². The molecule has 2 aliphatic heterocycles. The second-order valence-electron chi connectivity index (χ2n) is 9.16. The Morgan fingerprint density at radius 3 is 1.36 bits per heavy atom. The van der Waals surface area contributed by atoms with Crippen molar-refractivity contribution in [2.24, 2.45) is 47.3 Å². The van der Waals surface area contributed by atoms with Crippen LogP contribution in [-0.2, 0) is 19.2 Å². The van der Waals surface area contributed by atoms with Crippen molar-refractivity contribution in [3.8, 4) is 0 Å². The molecule has 6 rings (SSSR count). The minimum Gasteiger partial charge on any atom is -0.282 e. The van der Waals surface area contributed by atoms with Crippen LogP contribution in [0, 0.1) is 47.3 Å². The van der Waals surface area contributed by atoms with Crippen molar-refractivity contribution in [2.75, 3.05) is 13.1 Å². The van der Waals surface area contributed by atoms with Crippen LogP contribution in [0.1, 0.15) is 39.5 Å². The van der Waals surface area contributed by atoms with Gasteiger partial charge in [0.05, 0.1) is 23.7 Å². The highest BCUT2D eigenvalue weighted by Crippen LogP contribution is 2.68. The number of unbranched alkanes of at least 4 members (excludes halogenated alkanes) is 2. The molecule has 4 fully saturated rings. The predicted octanol–water partition coefficient (Wildman–Crippen LogP) is 1.85. The third kappa shape index (κ3) is 2.04. The molecule has 2 heterocycles. The standard InChI is InChI=1S/C22H28N2O4/c1-3-5-9-23-19(25)15-11-7-8-12(16(15)20(23)26)14-13(11)17-18(14)22(28)24(21(17)27)10-6-4-2/h7-8,11-18H,3-6,9-10H2,1-2H3/t11-,12+,13-,14-,15+,16-,17+,18-/m0/s1. The monoisotopic (exact) mass is 384 g/mol. The number of carbonyl (C=O) groups is 4. The molecule has 28 heavy (non-hydrogen) atoms. The van der Waals surface area contributed by atoms with Crippen molar-refractivity contribution < 1.29 is 19.2 Å². The summed E-state index contributed by atoms with van der Waals surface area (Å²) in [6.45, 7) is 5.09. The van der Waals surface area contributed by atoms with Crippen molar-refractivity contribution in [3.05, 3.63) is 12.2 Å². The summed E-state index contributed by atoms with van der Waals surface area (Å²) in [5.41, 5.74) is 0. The zero-order chi connectivity index (χ0) is 19.7. The van der Waals surface area contributed by atoms with Crippen LogP contribution >= 0.6 is 0 Å². The topological polar surface area (TPSA) is 74.8 Å². The van der Waals surface area contributed by atoms with E-state index in [4.69, 9.17) is 0 Å². The van der Waals surface area contributed by atoms with Gasteiger partial charge in [-0.2, -0.15) is 0 Å². The average molecular weight is 384 g/mol. The van der Waals surface area contributed by atoms with Gasteiger partial charge >= 0.3 is 0 Å². The average Bonchev–Trinajstić information content (AvgIpc) is 3.03. The first kappa shape index (κ1) is 18.1. The number of carbonyl (C=O) groups excluding carboxylic acids is 4. The van der Waals surface area contributed by atoms with Crippen LogP contribution in [-0.4, -0.2) is 46.5 Å². The molecule has 2 saturated heterocycles. The molecule has 150 valence electrons. The van der Waals surface area contributed by atoms with E-state index in [0.717, 1.165) is 25.7 Å². The van der Waals surface area contributed by atoms with Gasteiger partial charge in [0.15, 0.2) is 0 Å². The van der Waals surface area contributed by atoms with E-state index >= 15 is 0 Å².